The average molecular weight is 395 g/mol. The largest absolute Gasteiger partial charge is 0.372 e. The number of hydrogen-bond acceptors (Lipinski definition) is 7. The molecule has 0 amide bonds. The summed E-state index contributed by atoms with van der Waals surface area (Å²) in [5, 5.41) is 0. The fourth-order valence-electron chi connectivity index (χ4n) is 5.36. The second-order valence-electron chi connectivity index (χ2n) is 8.79. The molecule has 3 aliphatic rings. The summed E-state index contributed by atoms with van der Waals surface area (Å²) in [4.78, 5) is 15.7. The standard InChI is InChI=1S/C22H30N6O/c1-14-11-28(12-15(2)29-14)21-10-20(24-13-25-21)22-18-9-17(3-4-19(18)26-27-22)16-5-7-23-8-6-16/h5-8,10,13-15,17-19,22,26-27H,3-4,9,11-12H2,1-2H3/t14-,15+,17?,18?,19?,22?. The van der Waals surface area contributed by atoms with Gasteiger partial charge in [-0.25, -0.2) is 15.4 Å². The van der Waals surface area contributed by atoms with Crippen molar-refractivity contribution in [3.8, 4) is 0 Å². The highest BCUT2D eigenvalue weighted by atomic mass is 16.5. The van der Waals surface area contributed by atoms with E-state index in [1.165, 1.54) is 18.4 Å². The van der Waals surface area contributed by atoms with Crippen LogP contribution in [0.5, 0.6) is 0 Å². The van der Waals surface area contributed by atoms with E-state index in [1.54, 1.807) is 6.33 Å². The number of nitrogens with one attached hydrogen (secondary N) is 2. The molecule has 0 aromatic carbocycles. The molecule has 7 nitrogen and oxygen atoms in total. The smallest absolute Gasteiger partial charge is 0.132 e. The van der Waals surface area contributed by atoms with Gasteiger partial charge < -0.3 is 9.64 Å². The normalized spacial score (nSPS) is 34.8. The summed E-state index contributed by atoms with van der Waals surface area (Å²) in [6.45, 7) is 5.98. The Morgan fingerprint density at radius 2 is 1.83 bits per heavy atom. The van der Waals surface area contributed by atoms with Crippen LogP contribution in [0.3, 0.4) is 0 Å². The summed E-state index contributed by atoms with van der Waals surface area (Å²) in [5.74, 6) is 2.11. The third-order valence-electron chi connectivity index (χ3n) is 6.67. The van der Waals surface area contributed by atoms with Crippen LogP contribution in [0.4, 0.5) is 5.82 Å². The highest BCUT2D eigenvalue weighted by molar-refractivity contribution is 5.41. The molecule has 5 rings (SSSR count). The van der Waals surface area contributed by atoms with Gasteiger partial charge >= 0.3 is 0 Å². The van der Waals surface area contributed by atoms with Gasteiger partial charge in [-0.3, -0.25) is 10.4 Å². The first-order chi connectivity index (χ1) is 14.2. The van der Waals surface area contributed by atoms with Crippen LogP contribution < -0.4 is 15.8 Å². The van der Waals surface area contributed by atoms with Crippen LogP contribution in [0.15, 0.2) is 36.9 Å². The summed E-state index contributed by atoms with van der Waals surface area (Å²) in [6.07, 6.45) is 9.51. The van der Waals surface area contributed by atoms with Gasteiger partial charge in [0.15, 0.2) is 0 Å². The van der Waals surface area contributed by atoms with E-state index in [4.69, 9.17) is 4.74 Å². The minimum Gasteiger partial charge on any atom is -0.372 e. The minimum absolute atomic E-state index is 0.210. The predicted molar refractivity (Wildman–Crippen MR) is 111 cm³/mol. The van der Waals surface area contributed by atoms with E-state index in [0.29, 0.717) is 17.9 Å². The lowest BCUT2D eigenvalue weighted by Gasteiger charge is -2.36. The van der Waals surface area contributed by atoms with Gasteiger partial charge in [-0.1, -0.05) is 0 Å². The molecule has 2 saturated heterocycles. The Hall–Kier alpha value is -2.09. The van der Waals surface area contributed by atoms with E-state index in [9.17, 15) is 0 Å². The van der Waals surface area contributed by atoms with E-state index < -0.39 is 0 Å². The highest BCUT2D eigenvalue weighted by Gasteiger charge is 2.42. The number of pyridine rings is 1. The molecule has 2 aliphatic heterocycles. The average Bonchev–Trinajstić information content (AvgIpc) is 3.17. The van der Waals surface area contributed by atoms with E-state index in [0.717, 1.165) is 31.0 Å². The van der Waals surface area contributed by atoms with Crippen LogP contribution in [0.2, 0.25) is 0 Å². The van der Waals surface area contributed by atoms with Crippen LogP contribution in [-0.4, -0.2) is 46.3 Å². The molecule has 1 aliphatic carbocycles. The zero-order valence-corrected chi connectivity index (χ0v) is 17.2. The quantitative estimate of drug-likeness (QED) is 0.829. The molecular formula is C22H30N6O. The van der Waals surface area contributed by atoms with E-state index in [-0.39, 0.29) is 18.2 Å². The Balaban J connectivity index is 1.35. The third kappa shape index (κ3) is 3.86. The Bertz CT molecular complexity index is 823. The summed E-state index contributed by atoms with van der Waals surface area (Å²) in [7, 11) is 0. The molecule has 0 radical (unpaired) electrons. The molecule has 7 heteroatoms. The maximum absolute atomic E-state index is 5.88. The number of nitrogens with zero attached hydrogens (tertiary/aromatic N) is 4. The van der Waals surface area contributed by atoms with Gasteiger partial charge in [-0.2, -0.15) is 0 Å². The van der Waals surface area contributed by atoms with E-state index in [1.807, 2.05) is 12.4 Å². The molecule has 2 aromatic rings. The second kappa shape index (κ2) is 7.97. The first kappa shape index (κ1) is 18.9. The molecule has 6 atom stereocenters. The molecule has 154 valence electrons. The highest BCUT2D eigenvalue weighted by Crippen LogP contribution is 2.43. The van der Waals surface area contributed by atoms with Crippen molar-refractivity contribution in [2.24, 2.45) is 5.92 Å². The van der Waals surface area contributed by atoms with Crippen molar-refractivity contribution in [1.29, 1.82) is 0 Å². The van der Waals surface area contributed by atoms with Crippen molar-refractivity contribution in [3.05, 3.63) is 48.2 Å². The van der Waals surface area contributed by atoms with Gasteiger partial charge in [0.25, 0.3) is 0 Å². The fourth-order valence-corrected chi connectivity index (χ4v) is 5.36. The Kier molecular flexibility index (Phi) is 5.20. The molecule has 1 saturated carbocycles. The molecule has 4 unspecified atom stereocenters. The molecule has 2 aromatic heterocycles. The number of fused-ring (bicyclic) bond motifs is 1. The van der Waals surface area contributed by atoms with Gasteiger partial charge in [0.05, 0.1) is 23.9 Å². The lowest BCUT2D eigenvalue weighted by molar-refractivity contribution is -0.00547. The lowest BCUT2D eigenvalue weighted by atomic mass is 9.73. The predicted octanol–water partition coefficient (Wildman–Crippen LogP) is 2.59. The fraction of sp³-hybridized carbons (Fsp3) is 0.591. The monoisotopic (exact) mass is 394 g/mol. The van der Waals surface area contributed by atoms with Gasteiger partial charge in [-0.15, -0.1) is 0 Å². The Morgan fingerprint density at radius 3 is 2.62 bits per heavy atom. The second-order valence-corrected chi connectivity index (χ2v) is 8.79. The maximum Gasteiger partial charge on any atom is 0.132 e. The van der Waals surface area contributed by atoms with Crippen LogP contribution in [0.1, 0.15) is 56.3 Å². The number of rotatable bonds is 3. The number of hydrogen-bond donors (Lipinski definition) is 2. The third-order valence-corrected chi connectivity index (χ3v) is 6.67. The SMILES string of the molecule is C[C@@H]1CN(c2cc(C3NNC4CCC(c5ccncc5)CC43)ncn2)C[C@H](C)O1. The summed E-state index contributed by atoms with van der Waals surface area (Å²) < 4.78 is 5.88. The van der Waals surface area contributed by atoms with Crippen molar-refractivity contribution >= 4 is 5.82 Å². The minimum atomic E-state index is 0.210. The zero-order chi connectivity index (χ0) is 19.8. The number of morpholine rings is 1. The molecular weight excluding hydrogens is 364 g/mol. The summed E-state index contributed by atoms with van der Waals surface area (Å²) in [6, 6.07) is 7.21. The van der Waals surface area contributed by atoms with E-state index >= 15 is 0 Å². The number of aromatic nitrogens is 3. The maximum atomic E-state index is 5.88. The van der Waals surface area contributed by atoms with Gasteiger partial charge in [0, 0.05) is 37.6 Å². The molecule has 3 fully saturated rings. The van der Waals surface area contributed by atoms with Crippen LogP contribution in [0.25, 0.3) is 0 Å². The van der Waals surface area contributed by atoms with Crippen molar-refractivity contribution < 1.29 is 4.74 Å². The summed E-state index contributed by atoms with van der Waals surface area (Å²) in [5.41, 5.74) is 9.56. The van der Waals surface area contributed by atoms with Crippen molar-refractivity contribution in [1.82, 2.24) is 25.8 Å². The van der Waals surface area contributed by atoms with Crippen LogP contribution in [0, 0.1) is 5.92 Å². The molecule has 0 spiro atoms. The molecule has 29 heavy (non-hydrogen) atoms. The van der Waals surface area contributed by atoms with Crippen LogP contribution >= 0.6 is 0 Å². The van der Waals surface area contributed by atoms with Crippen LogP contribution in [-0.2, 0) is 4.74 Å². The molecule has 2 N–H and O–H groups in total. The number of hydrazine groups is 1. The van der Waals surface area contributed by atoms with Gasteiger partial charge in [0.1, 0.15) is 12.1 Å². The Labute approximate surface area is 172 Å². The van der Waals surface area contributed by atoms with Gasteiger partial charge in [-0.05, 0) is 62.6 Å². The van der Waals surface area contributed by atoms with Crippen molar-refractivity contribution in [2.75, 3.05) is 18.0 Å². The lowest BCUT2D eigenvalue weighted by Crippen LogP contribution is -2.46. The zero-order valence-electron chi connectivity index (χ0n) is 17.2. The number of anilines is 1. The van der Waals surface area contributed by atoms with Crippen molar-refractivity contribution in [2.45, 2.75) is 63.3 Å². The summed E-state index contributed by atoms with van der Waals surface area (Å²) >= 11 is 0. The molecule has 4 heterocycles. The Morgan fingerprint density at radius 1 is 1.03 bits per heavy atom. The first-order valence-corrected chi connectivity index (χ1v) is 10.8. The van der Waals surface area contributed by atoms with Gasteiger partial charge in [0.2, 0.25) is 0 Å². The first-order valence-electron chi connectivity index (χ1n) is 10.8. The topological polar surface area (TPSA) is 75.2 Å². The molecule has 0 bridgehead atoms. The van der Waals surface area contributed by atoms with Crippen molar-refractivity contribution in [3.63, 3.8) is 0 Å². The number of ether oxygens (including phenoxy) is 1. The van der Waals surface area contributed by atoms with E-state index in [2.05, 4.69) is 62.8 Å².